The molecule has 1 aliphatic heterocycles. The highest BCUT2D eigenvalue weighted by atomic mass is 16.5. The zero-order valence-electron chi connectivity index (χ0n) is 22.7. The smallest absolute Gasteiger partial charge is 0.296 e. The van der Waals surface area contributed by atoms with Gasteiger partial charge in [-0.25, -0.2) is 0 Å². The van der Waals surface area contributed by atoms with Gasteiger partial charge in [-0.3, -0.25) is 9.59 Å². The molecule has 0 radical (unpaired) electrons. The lowest BCUT2D eigenvalue weighted by molar-refractivity contribution is -0.140. The Hall–Kier alpha value is -4.78. The topological polar surface area (TPSA) is 89.2 Å². The number of likely N-dealkylation sites (tertiary alicyclic amines) is 1. The van der Waals surface area contributed by atoms with E-state index in [1.54, 1.807) is 42.5 Å². The summed E-state index contributed by atoms with van der Waals surface area (Å²) < 4.78 is 17.2. The summed E-state index contributed by atoms with van der Waals surface area (Å²) in [6, 6.07) is 24.9. The summed E-state index contributed by atoms with van der Waals surface area (Å²) in [4.78, 5) is 28.1. The molecular weight excluding hydrogens is 506 g/mol. The van der Waals surface area contributed by atoms with Crippen molar-refractivity contribution in [2.75, 3.05) is 0 Å². The number of carbonyl (C=O) groups excluding carboxylic acids is 2. The van der Waals surface area contributed by atoms with E-state index in [4.69, 9.17) is 13.9 Å². The van der Waals surface area contributed by atoms with Gasteiger partial charge < -0.3 is 23.9 Å². The Balaban J connectivity index is 1.51. The van der Waals surface area contributed by atoms with Crippen LogP contribution >= 0.6 is 0 Å². The largest absolute Gasteiger partial charge is 0.507 e. The van der Waals surface area contributed by atoms with Gasteiger partial charge in [0.1, 0.15) is 29.6 Å². The molecule has 0 bridgehead atoms. The molecule has 5 rings (SSSR count). The summed E-state index contributed by atoms with van der Waals surface area (Å²) in [7, 11) is 0. The Morgan fingerprint density at radius 3 is 2.38 bits per heavy atom. The highest BCUT2D eigenvalue weighted by Crippen LogP contribution is 2.41. The molecule has 1 aliphatic rings. The SMILES string of the molecule is Cc1cc(/C(O)=C2/C(=O)C(=O)N(Cc3ccco3)C2c2ccc(OCc3ccccc3)cc2)ccc1OC(C)C. The van der Waals surface area contributed by atoms with Crippen molar-refractivity contribution in [2.24, 2.45) is 0 Å². The molecule has 1 fully saturated rings. The van der Waals surface area contributed by atoms with Gasteiger partial charge in [0.25, 0.3) is 11.7 Å². The van der Waals surface area contributed by atoms with Gasteiger partial charge in [-0.2, -0.15) is 0 Å². The molecule has 204 valence electrons. The number of ketones is 1. The number of amides is 1. The number of Topliss-reactive ketones (excluding diaryl/α,β-unsaturated/α-hetero) is 1. The van der Waals surface area contributed by atoms with E-state index in [0.29, 0.717) is 35.0 Å². The minimum atomic E-state index is -0.819. The first-order valence-electron chi connectivity index (χ1n) is 13.2. The summed E-state index contributed by atoms with van der Waals surface area (Å²) >= 11 is 0. The van der Waals surface area contributed by atoms with Gasteiger partial charge in [-0.1, -0.05) is 42.5 Å². The van der Waals surface area contributed by atoms with Crippen LogP contribution in [0.2, 0.25) is 0 Å². The molecule has 1 saturated heterocycles. The second-order valence-electron chi connectivity index (χ2n) is 10.00. The number of aryl methyl sites for hydroxylation is 1. The molecule has 1 amide bonds. The van der Waals surface area contributed by atoms with Crippen LogP contribution in [0.3, 0.4) is 0 Å². The van der Waals surface area contributed by atoms with Gasteiger partial charge in [0.05, 0.1) is 30.5 Å². The van der Waals surface area contributed by atoms with Crippen LogP contribution in [0.15, 0.2) is 101 Å². The standard InChI is InChI=1S/C33H31NO6/c1-21(2)40-28-16-13-25(18-22(28)3)31(35)29-30(34(33(37)32(29)36)19-27-10-7-17-38-27)24-11-14-26(15-12-24)39-20-23-8-5-4-6-9-23/h4-18,21,30,35H,19-20H2,1-3H3/b31-29-. The number of aliphatic hydroxyl groups is 1. The molecule has 7 heteroatoms. The summed E-state index contributed by atoms with van der Waals surface area (Å²) in [6.07, 6.45) is 1.51. The minimum absolute atomic E-state index is 0.00952. The van der Waals surface area contributed by atoms with Crippen molar-refractivity contribution in [3.8, 4) is 11.5 Å². The van der Waals surface area contributed by atoms with Gasteiger partial charge in [0.15, 0.2) is 0 Å². The fourth-order valence-electron chi connectivity index (χ4n) is 4.79. The first-order valence-corrected chi connectivity index (χ1v) is 13.2. The lowest BCUT2D eigenvalue weighted by Crippen LogP contribution is -2.29. The summed E-state index contributed by atoms with van der Waals surface area (Å²) in [5, 5.41) is 11.4. The number of furan rings is 1. The quantitative estimate of drug-likeness (QED) is 0.147. The molecule has 0 aliphatic carbocycles. The Bertz CT molecular complexity index is 1520. The number of benzene rings is 3. The Morgan fingerprint density at radius 2 is 1.73 bits per heavy atom. The van der Waals surface area contributed by atoms with E-state index in [1.807, 2.05) is 63.2 Å². The number of rotatable bonds is 9. The van der Waals surface area contributed by atoms with Crippen molar-refractivity contribution < 1.29 is 28.6 Å². The molecule has 4 aromatic rings. The molecule has 1 N–H and O–H groups in total. The van der Waals surface area contributed by atoms with Gasteiger partial charge in [-0.15, -0.1) is 0 Å². The fourth-order valence-corrected chi connectivity index (χ4v) is 4.79. The van der Waals surface area contributed by atoms with E-state index >= 15 is 0 Å². The second kappa shape index (κ2) is 11.5. The molecular formula is C33H31NO6. The second-order valence-corrected chi connectivity index (χ2v) is 10.00. The summed E-state index contributed by atoms with van der Waals surface area (Å²) in [6.45, 7) is 6.23. The molecule has 1 atom stereocenters. The number of hydrogen-bond acceptors (Lipinski definition) is 6. The maximum Gasteiger partial charge on any atom is 0.296 e. The number of aliphatic hydroxyl groups excluding tert-OH is 1. The van der Waals surface area contributed by atoms with Gasteiger partial charge in [0.2, 0.25) is 0 Å². The molecule has 7 nitrogen and oxygen atoms in total. The Morgan fingerprint density at radius 1 is 0.975 bits per heavy atom. The Kier molecular flexibility index (Phi) is 7.73. The van der Waals surface area contributed by atoms with Crippen LogP contribution in [0, 0.1) is 6.92 Å². The molecule has 0 saturated carbocycles. The van der Waals surface area contributed by atoms with E-state index in [2.05, 4.69) is 0 Å². The molecule has 1 aromatic heterocycles. The van der Waals surface area contributed by atoms with Crippen molar-refractivity contribution in [1.29, 1.82) is 0 Å². The van der Waals surface area contributed by atoms with Crippen LogP contribution in [-0.2, 0) is 22.7 Å². The number of carbonyl (C=O) groups is 2. The predicted molar refractivity (Wildman–Crippen MR) is 151 cm³/mol. The third-order valence-corrected chi connectivity index (χ3v) is 6.70. The molecule has 3 aromatic carbocycles. The lowest BCUT2D eigenvalue weighted by atomic mass is 9.94. The monoisotopic (exact) mass is 537 g/mol. The van der Waals surface area contributed by atoms with Gasteiger partial charge in [0, 0.05) is 5.56 Å². The first-order chi connectivity index (χ1) is 19.3. The zero-order valence-corrected chi connectivity index (χ0v) is 22.7. The maximum atomic E-state index is 13.4. The van der Waals surface area contributed by atoms with Crippen LogP contribution in [0.1, 0.15) is 47.9 Å². The van der Waals surface area contributed by atoms with Crippen molar-refractivity contribution in [1.82, 2.24) is 4.90 Å². The van der Waals surface area contributed by atoms with Crippen LogP contribution in [0.25, 0.3) is 5.76 Å². The van der Waals surface area contributed by atoms with E-state index < -0.39 is 17.7 Å². The number of nitrogens with zero attached hydrogens (tertiary/aromatic N) is 1. The summed E-state index contributed by atoms with van der Waals surface area (Å²) in [5.41, 5.74) is 2.96. The fraction of sp³-hybridized carbons (Fsp3) is 0.212. The minimum Gasteiger partial charge on any atom is -0.507 e. The lowest BCUT2D eigenvalue weighted by Gasteiger charge is -2.24. The third kappa shape index (κ3) is 5.64. The number of hydrogen-bond donors (Lipinski definition) is 1. The maximum absolute atomic E-state index is 13.4. The van der Waals surface area contributed by atoms with E-state index in [0.717, 1.165) is 11.1 Å². The van der Waals surface area contributed by atoms with Crippen LogP contribution in [0.4, 0.5) is 0 Å². The Labute approximate surface area is 233 Å². The molecule has 1 unspecified atom stereocenters. The highest BCUT2D eigenvalue weighted by molar-refractivity contribution is 6.46. The third-order valence-electron chi connectivity index (χ3n) is 6.70. The van der Waals surface area contributed by atoms with Crippen molar-refractivity contribution in [3.63, 3.8) is 0 Å². The van der Waals surface area contributed by atoms with Crippen LogP contribution in [-0.4, -0.2) is 27.8 Å². The average Bonchev–Trinajstić information content (AvgIpc) is 3.56. The van der Waals surface area contributed by atoms with Crippen molar-refractivity contribution in [2.45, 2.75) is 46.1 Å². The normalized spacial score (nSPS) is 16.5. The first kappa shape index (κ1) is 26.8. The van der Waals surface area contributed by atoms with Crippen LogP contribution in [0.5, 0.6) is 11.5 Å². The van der Waals surface area contributed by atoms with Crippen LogP contribution < -0.4 is 9.47 Å². The van der Waals surface area contributed by atoms with Crippen molar-refractivity contribution >= 4 is 17.4 Å². The van der Waals surface area contributed by atoms with E-state index in [9.17, 15) is 14.7 Å². The molecule has 0 spiro atoms. The molecule has 40 heavy (non-hydrogen) atoms. The average molecular weight is 538 g/mol. The number of ether oxygens (including phenoxy) is 2. The highest BCUT2D eigenvalue weighted by Gasteiger charge is 2.46. The zero-order chi connectivity index (χ0) is 28.2. The van der Waals surface area contributed by atoms with Crippen molar-refractivity contribution in [3.05, 3.63) is 125 Å². The summed E-state index contributed by atoms with van der Waals surface area (Å²) in [5.74, 6) is 0.163. The predicted octanol–water partition coefficient (Wildman–Crippen LogP) is 6.58. The van der Waals surface area contributed by atoms with E-state index in [1.165, 1.54) is 11.2 Å². The van der Waals surface area contributed by atoms with E-state index in [-0.39, 0.29) is 24.0 Å². The molecule has 2 heterocycles. The van der Waals surface area contributed by atoms with Gasteiger partial charge in [-0.05, 0) is 79.9 Å². The van der Waals surface area contributed by atoms with Gasteiger partial charge >= 0.3 is 0 Å².